The van der Waals surface area contributed by atoms with Crippen molar-refractivity contribution in [3.8, 4) is 67.7 Å². The van der Waals surface area contributed by atoms with Crippen molar-refractivity contribution >= 4 is 33.7 Å². The molecular formula is C48H36N6O3. The van der Waals surface area contributed by atoms with Gasteiger partial charge in [-0.2, -0.15) is 0 Å². The largest absolute Gasteiger partial charge is 0.418 e. The molecule has 4 aromatic carbocycles. The number of benzene rings is 4. The second-order valence-electron chi connectivity index (χ2n) is 14.5. The van der Waals surface area contributed by atoms with Crippen molar-refractivity contribution in [1.29, 1.82) is 0 Å². The summed E-state index contributed by atoms with van der Waals surface area (Å²) in [5.41, 5.74) is 19.1. The van der Waals surface area contributed by atoms with Gasteiger partial charge in [0.1, 0.15) is 16.6 Å². The fourth-order valence-electron chi connectivity index (χ4n) is 8.53. The quantitative estimate of drug-likeness (QED) is 0.164. The van der Waals surface area contributed by atoms with E-state index >= 15 is 0 Å². The van der Waals surface area contributed by atoms with Crippen molar-refractivity contribution in [2.24, 2.45) is 0 Å². The number of hydrogen-bond donors (Lipinski definition) is 0. The van der Waals surface area contributed by atoms with Gasteiger partial charge in [0, 0.05) is 35.3 Å². The highest BCUT2D eigenvalue weighted by molar-refractivity contribution is 6.01. The Kier molecular flexibility index (Phi) is 7.93. The maximum atomic E-state index is 6.38. The molecule has 0 unspecified atom stereocenters. The molecule has 9 nitrogen and oxygen atoms in total. The summed E-state index contributed by atoms with van der Waals surface area (Å²) in [4.78, 5) is 28.2. The number of aromatic nitrogens is 6. The molecule has 0 bridgehead atoms. The van der Waals surface area contributed by atoms with Gasteiger partial charge in [0.25, 0.3) is 0 Å². The first kappa shape index (κ1) is 34.2. The van der Waals surface area contributed by atoms with Gasteiger partial charge >= 0.3 is 0 Å². The van der Waals surface area contributed by atoms with Crippen LogP contribution >= 0.6 is 0 Å². The maximum Gasteiger partial charge on any atom is 0.247 e. The van der Waals surface area contributed by atoms with Gasteiger partial charge in [-0.25, -0.2) is 29.9 Å². The number of hydrogen-bond acceptors (Lipinski definition) is 9. The highest BCUT2D eigenvalue weighted by Crippen LogP contribution is 2.51. The highest BCUT2D eigenvalue weighted by atomic mass is 16.4. The minimum Gasteiger partial charge on any atom is -0.418 e. The summed E-state index contributed by atoms with van der Waals surface area (Å²) in [7, 11) is 0. The zero-order valence-corrected chi connectivity index (χ0v) is 32.3. The summed E-state index contributed by atoms with van der Waals surface area (Å²) in [5, 5.41) is 0. The Hall–Kier alpha value is -7.26. The molecule has 9 heteroatoms. The first-order valence-electron chi connectivity index (χ1n) is 18.9. The van der Waals surface area contributed by atoms with E-state index in [0.717, 1.165) is 83.5 Å². The van der Waals surface area contributed by atoms with Crippen LogP contribution in [0.2, 0.25) is 0 Å². The summed E-state index contributed by atoms with van der Waals surface area (Å²) in [6.07, 6.45) is 5.17. The normalized spacial score (nSPS) is 11.7. The monoisotopic (exact) mass is 744 g/mol. The minimum absolute atomic E-state index is 0.494. The molecular weight excluding hydrogens is 709 g/mol. The van der Waals surface area contributed by atoms with Crippen LogP contribution in [0, 0.1) is 41.5 Å². The summed E-state index contributed by atoms with van der Waals surface area (Å²) >= 11 is 0. The third-order valence-electron chi connectivity index (χ3n) is 11.0. The van der Waals surface area contributed by atoms with E-state index in [-0.39, 0.29) is 0 Å². The Bertz CT molecular complexity index is 2760. The number of nitrogens with zero attached hydrogens (tertiary/aromatic N) is 6. The Labute approximate surface area is 328 Å². The van der Waals surface area contributed by atoms with Crippen LogP contribution in [0.4, 0.5) is 0 Å². The molecule has 0 saturated heterocycles. The number of pyridine rings is 3. The number of oxazole rings is 3. The zero-order chi connectivity index (χ0) is 38.9. The van der Waals surface area contributed by atoms with Crippen molar-refractivity contribution in [2.45, 2.75) is 41.5 Å². The SMILES string of the molecule is Cc1cccc(-c2nc3cccnc3o2)c1-c1c(C)c(-c2c(C)cccc2-c2nc3cccnc3o2)c(C)c(-c2c(C)cccc2-c2nc3cccnc3o2)c1C. The molecule has 57 heavy (non-hydrogen) atoms. The van der Waals surface area contributed by atoms with Crippen LogP contribution in [0.1, 0.15) is 33.4 Å². The molecule has 276 valence electrons. The molecule has 6 aromatic heterocycles. The van der Waals surface area contributed by atoms with E-state index < -0.39 is 0 Å². The summed E-state index contributed by atoms with van der Waals surface area (Å²) in [6, 6.07) is 30.2. The molecule has 0 atom stereocenters. The van der Waals surface area contributed by atoms with Gasteiger partial charge in [0.15, 0.2) is 0 Å². The lowest BCUT2D eigenvalue weighted by atomic mass is 9.76. The lowest BCUT2D eigenvalue weighted by Crippen LogP contribution is -2.05. The predicted molar refractivity (Wildman–Crippen MR) is 224 cm³/mol. The first-order chi connectivity index (χ1) is 27.8. The van der Waals surface area contributed by atoms with Crippen molar-refractivity contribution in [2.75, 3.05) is 0 Å². The number of rotatable bonds is 6. The number of fused-ring (bicyclic) bond motifs is 3. The van der Waals surface area contributed by atoms with Gasteiger partial charge < -0.3 is 13.3 Å². The lowest BCUT2D eigenvalue weighted by molar-refractivity contribution is 0.607. The second kappa shape index (κ2) is 13.2. The zero-order valence-electron chi connectivity index (χ0n) is 32.3. The van der Waals surface area contributed by atoms with Gasteiger partial charge in [-0.1, -0.05) is 36.4 Å². The molecule has 6 heterocycles. The fraction of sp³-hybridized carbons (Fsp3) is 0.125. The van der Waals surface area contributed by atoms with Crippen LogP contribution < -0.4 is 0 Å². The summed E-state index contributed by atoms with van der Waals surface area (Å²) in [6.45, 7) is 13.1. The Balaban J connectivity index is 1.33. The van der Waals surface area contributed by atoms with E-state index in [4.69, 9.17) is 28.2 Å². The first-order valence-corrected chi connectivity index (χ1v) is 18.9. The van der Waals surface area contributed by atoms with E-state index in [0.29, 0.717) is 51.4 Å². The Morgan fingerprint density at radius 1 is 0.333 bits per heavy atom. The molecule has 0 N–H and O–H groups in total. The average Bonchev–Trinajstić information content (AvgIpc) is 3.96. The van der Waals surface area contributed by atoms with E-state index in [1.54, 1.807) is 18.6 Å². The highest BCUT2D eigenvalue weighted by Gasteiger charge is 2.29. The second-order valence-corrected chi connectivity index (χ2v) is 14.5. The molecule has 0 spiro atoms. The third-order valence-corrected chi connectivity index (χ3v) is 11.0. The van der Waals surface area contributed by atoms with Crippen LogP contribution in [0.5, 0.6) is 0 Å². The molecule has 0 saturated carbocycles. The Morgan fingerprint density at radius 3 is 0.912 bits per heavy atom. The van der Waals surface area contributed by atoms with Crippen molar-refractivity contribution in [3.05, 3.63) is 143 Å². The molecule has 0 radical (unpaired) electrons. The molecule has 0 fully saturated rings. The van der Waals surface area contributed by atoms with Crippen LogP contribution in [0.25, 0.3) is 101 Å². The molecule has 10 aromatic rings. The minimum atomic E-state index is 0.494. The van der Waals surface area contributed by atoms with Gasteiger partial charge in [0.2, 0.25) is 34.8 Å². The smallest absolute Gasteiger partial charge is 0.247 e. The number of aryl methyl sites for hydroxylation is 3. The topological polar surface area (TPSA) is 117 Å². The van der Waals surface area contributed by atoms with Crippen LogP contribution in [0.15, 0.2) is 123 Å². The standard InChI is InChI=1S/C48H36N6O3/c1-25-13-7-16-31(43-52-34-19-10-22-49-46(34)55-43)37(25)40-28(4)41(38-26(2)14-8-17-32(38)44-53-35-20-11-23-50-47(35)56-44)30(6)42(29(40)5)39-27(3)15-9-18-33(39)45-54-36-21-12-24-51-48(36)57-45/h7-24H,1-6H3. The molecule has 0 aliphatic carbocycles. The lowest BCUT2D eigenvalue weighted by Gasteiger charge is -2.27. The van der Waals surface area contributed by atoms with Gasteiger partial charge in [0.05, 0.1) is 0 Å². The average molecular weight is 745 g/mol. The summed E-state index contributed by atoms with van der Waals surface area (Å²) < 4.78 is 19.1. The van der Waals surface area contributed by atoms with E-state index in [2.05, 4.69) is 111 Å². The van der Waals surface area contributed by atoms with E-state index in [1.807, 2.05) is 36.4 Å². The van der Waals surface area contributed by atoms with Crippen molar-refractivity contribution < 1.29 is 13.3 Å². The van der Waals surface area contributed by atoms with Crippen molar-refractivity contribution in [3.63, 3.8) is 0 Å². The Morgan fingerprint density at radius 2 is 0.632 bits per heavy atom. The van der Waals surface area contributed by atoms with E-state index in [1.165, 1.54) is 0 Å². The molecule has 0 aliphatic rings. The summed E-state index contributed by atoms with van der Waals surface area (Å²) in [5.74, 6) is 1.53. The molecule has 0 aliphatic heterocycles. The fourth-order valence-corrected chi connectivity index (χ4v) is 8.53. The molecule has 10 rings (SSSR count). The van der Waals surface area contributed by atoms with Gasteiger partial charge in [-0.15, -0.1) is 0 Å². The van der Waals surface area contributed by atoms with Gasteiger partial charge in [-0.3, -0.25) is 0 Å². The van der Waals surface area contributed by atoms with Crippen LogP contribution in [-0.2, 0) is 0 Å². The van der Waals surface area contributed by atoms with E-state index in [9.17, 15) is 0 Å². The third kappa shape index (κ3) is 5.45. The van der Waals surface area contributed by atoms with Gasteiger partial charge in [-0.05, 0) is 163 Å². The van der Waals surface area contributed by atoms with Crippen LogP contribution in [-0.4, -0.2) is 29.9 Å². The maximum absolute atomic E-state index is 6.38. The predicted octanol–water partition coefficient (Wildman–Crippen LogP) is 12.1. The van der Waals surface area contributed by atoms with Crippen LogP contribution in [0.3, 0.4) is 0 Å². The molecule has 0 amide bonds. The van der Waals surface area contributed by atoms with Crippen molar-refractivity contribution in [1.82, 2.24) is 29.9 Å².